The van der Waals surface area contributed by atoms with Gasteiger partial charge in [0.1, 0.15) is 11.5 Å². The zero-order valence-electron chi connectivity index (χ0n) is 19.9. The van der Waals surface area contributed by atoms with Crippen LogP contribution in [-0.4, -0.2) is 36.3 Å². The van der Waals surface area contributed by atoms with Crippen molar-refractivity contribution in [3.63, 3.8) is 0 Å². The third-order valence-corrected chi connectivity index (χ3v) is 9.42. The van der Waals surface area contributed by atoms with Gasteiger partial charge >= 0.3 is 17.8 Å². The molecule has 0 amide bonds. The number of rotatable bonds is 9. The highest BCUT2D eigenvalue weighted by molar-refractivity contribution is 8.16. The SMILES string of the molecule is CCC(C(=O)O)C1(CSC(=O)C(C)Sc2cc(-n3c(=O)cc(C(F)(F)F)n(C)c3=O)c(F)cc2Cl)CC1. The average molecular weight is 583 g/mol. The van der Waals surface area contributed by atoms with Gasteiger partial charge < -0.3 is 5.11 Å². The normalized spacial score (nSPS) is 16.3. The Balaban J connectivity index is 1.86. The Morgan fingerprint density at radius 1 is 1.22 bits per heavy atom. The molecule has 0 saturated heterocycles. The molecule has 0 bridgehead atoms. The van der Waals surface area contributed by atoms with E-state index < -0.39 is 57.2 Å². The van der Waals surface area contributed by atoms with Gasteiger partial charge in [0, 0.05) is 23.8 Å². The number of carbonyl (C=O) groups excluding carboxylic acids is 1. The first-order valence-electron chi connectivity index (χ1n) is 11.1. The second-order valence-electron chi connectivity index (χ2n) is 8.81. The van der Waals surface area contributed by atoms with E-state index in [9.17, 15) is 41.8 Å². The molecule has 0 radical (unpaired) electrons. The Labute approximate surface area is 222 Å². The van der Waals surface area contributed by atoms with Crippen molar-refractivity contribution in [1.82, 2.24) is 9.13 Å². The number of alkyl halides is 3. The lowest BCUT2D eigenvalue weighted by atomic mass is 9.88. The van der Waals surface area contributed by atoms with E-state index in [1.807, 2.05) is 0 Å². The molecule has 1 aromatic carbocycles. The van der Waals surface area contributed by atoms with E-state index in [2.05, 4.69) is 0 Å². The molecule has 2 aromatic rings. The second kappa shape index (κ2) is 10.9. The van der Waals surface area contributed by atoms with Gasteiger partial charge in [-0.25, -0.2) is 13.8 Å². The third kappa shape index (κ3) is 6.09. The minimum Gasteiger partial charge on any atom is -0.481 e. The molecule has 1 aliphatic rings. The number of carboxylic acid groups (broad SMARTS) is 1. The fourth-order valence-electron chi connectivity index (χ4n) is 4.09. The van der Waals surface area contributed by atoms with E-state index in [0.717, 1.165) is 42.7 Å². The first kappa shape index (κ1) is 29.3. The van der Waals surface area contributed by atoms with Crippen molar-refractivity contribution >= 4 is 46.2 Å². The van der Waals surface area contributed by atoms with Crippen molar-refractivity contribution < 1.29 is 32.3 Å². The van der Waals surface area contributed by atoms with Crippen LogP contribution in [0.25, 0.3) is 5.69 Å². The molecule has 1 saturated carbocycles. The summed E-state index contributed by atoms with van der Waals surface area (Å²) in [5, 5.41) is 8.33. The van der Waals surface area contributed by atoms with Crippen molar-refractivity contribution in [3.05, 3.63) is 55.6 Å². The number of nitrogens with zero attached hydrogens (tertiary/aromatic N) is 2. The predicted octanol–water partition coefficient (Wildman–Crippen LogP) is 4.98. The number of carboxylic acids is 1. The summed E-state index contributed by atoms with van der Waals surface area (Å²) in [4.78, 5) is 49.4. The summed E-state index contributed by atoms with van der Waals surface area (Å²) >= 11 is 8.05. The molecule has 1 N–H and O–H groups in total. The van der Waals surface area contributed by atoms with Crippen molar-refractivity contribution in [2.75, 3.05) is 5.75 Å². The van der Waals surface area contributed by atoms with Crippen molar-refractivity contribution in [2.45, 2.75) is 49.4 Å². The maximum atomic E-state index is 14.7. The zero-order chi connectivity index (χ0) is 27.9. The van der Waals surface area contributed by atoms with Gasteiger partial charge in [-0.15, -0.1) is 11.8 Å². The number of halogens is 5. The molecular weight excluding hydrogens is 560 g/mol. The second-order valence-corrected chi connectivity index (χ2v) is 11.6. The van der Waals surface area contributed by atoms with E-state index in [1.165, 1.54) is 0 Å². The van der Waals surface area contributed by atoms with Gasteiger partial charge in [-0.05, 0) is 43.7 Å². The van der Waals surface area contributed by atoms with Crippen molar-refractivity contribution in [1.29, 1.82) is 0 Å². The number of benzene rings is 1. The summed E-state index contributed by atoms with van der Waals surface area (Å²) in [6.07, 6.45) is -3.10. The number of hydrogen-bond acceptors (Lipinski definition) is 6. The van der Waals surface area contributed by atoms with Crippen LogP contribution in [0, 0.1) is 17.2 Å². The van der Waals surface area contributed by atoms with Gasteiger partial charge in [0.2, 0.25) is 5.12 Å². The van der Waals surface area contributed by atoms with Gasteiger partial charge in [-0.2, -0.15) is 13.2 Å². The Morgan fingerprint density at radius 3 is 2.35 bits per heavy atom. The molecule has 1 aromatic heterocycles. The fourth-order valence-corrected chi connectivity index (χ4v) is 6.71. The Bertz CT molecular complexity index is 1350. The molecule has 0 aliphatic heterocycles. The van der Waals surface area contributed by atoms with Crippen LogP contribution in [-0.2, 0) is 22.8 Å². The number of hydrogen-bond donors (Lipinski definition) is 1. The summed E-state index contributed by atoms with van der Waals surface area (Å²) in [6, 6.07) is 2.04. The van der Waals surface area contributed by atoms with Crippen LogP contribution in [0.1, 0.15) is 38.8 Å². The molecule has 14 heteroatoms. The molecule has 2 atom stereocenters. The van der Waals surface area contributed by atoms with Crippen LogP contribution >= 0.6 is 35.1 Å². The van der Waals surface area contributed by atoms with Crippen LogP contribution in [0.15, 0.2) is 32.7 Å². The molecule has 2 unspecified atom stereocenters. The maximum absolute atomic E-state index is 14.7. The minimum atomic E-state index is -4.97. The Kier molecular flexibility index (Phi) is 8.60. The largest absolute Gasteiger partial charge is 0.481 e. The summed E-state index contributed by atoms with van der Waals surface area (Å²) in [7, 11) is 0.808. The van der Waals surface area contributed by atoms with Crippen LogP contribution in [0.2, 0.25) is 5.02 Å². The topological polar surface area (TPSA) is 98.4 Å². The Hall–Kier alpha value is -2.25. The molecular formula is C23H23ClF4N2O5S2. The van der Waals surface area contributed by atoms with E-state index >= 15 is 0 Å². The van der Waals surface area contributed by atoms with E-state index in [1.54, 1.807) is 13.8 Å². The van der Waals surface area contributed by atoms with Gasteiger partial charge in [-0.1, -0.05) is 30.3 Å². The van der Waals surface area contributed by atoms with E-state index in [4.69, 9.17) is 11.6 Å². The summed E-state index contributed by atoms with van der Waals surface area (Å²) in [5.41, 5.74) is -5.32. The highest BCUT2D eigenvalue weighted by Gasteiger charge is 2.51. The van der Waals surface area contributed by atoms with E-state index in [-0.39, 0.29) is 30.2 Å². The fraction of sp³-hybridized carbons (Fsp3) is 0.478. The van der Waals surface area contributed by atoms with Gasteiger partial charge in [0.15, 0.2) is 0 Å². The zero-order valence-corrected chi connectivity index (χ0v) is 22.3. The molecule has 3 rings (SSSR count). The summed E-state index contributed by atoms with van der Waals surface area (Å²) in [6.45, 7) is 3.35. The average Bonchev–Trinajstić information content (AvgIpc) is 3.57. The predicted molar refractivity (Wildman–Crippen MR) is 133 cm³/mol. The van der Waals surface area contributed by atoms with Gasteiger partial charge in [0.25, 0.3) is 5.56 Å². The standard InChI is InChI=1S/C23H23ClF4N2O5S2/c1-4-12(19(32)33)22(5-6-22)10-36-20(34)11(2)37-16-8-15(14(25)7-13(16)24)30-18(31)9-17(23(26,27)28)29(3)21(30)35/h7-9,11-12H,4-6,10H2,1-3H3,(H,32,33). The lowest BCUT2D eigenvalue weighted by Gasteiger charge is -2.22. The smallest absolute Gasteiger partial charge is 0.431 e. The van der Waals surface area contributed by atoms with Gasteiger partial charge in [-0.3, -0.25) is 19.0 Å². The number of carbonyl (C=O) groups is 2. The molecule has 1 fully saturated rings. The lowest BCUT2D eigenvalue weighted by Crippen LogP contribution is -2.41. The highest BCUT2D eigenvalue weighted by atomic mass is 35.5. The lowest BCUT2D eigenvalue weighted by molar-refractivity contribution is -0.145. The maximum Gasteiger partial charge on any atom is 0.431 e. The quantitative estimate of drug-likeness (QED) is 0.329. The van der Waals surface area contributed by atoms with E-state index in [0.29, 0.717) is 25.0 Å². The molecule has 1 heterocycles. The molecule has 0 spiro atoms. The molecule has 7 nitrogen and oxygen atoms in total. The Morgan fingerprint density at radius 2 is 1.84 bits per heavy atom. The highest BCUT2D eigenvalue weighted by Crippen LogP contribution is 2.55. The monoisotopic (exact) mass is 582 g/mol. The molecule has 37 heavy (non-hydrogen) atoms. The summed E-state index contributed by atoms with van der Waals surface area (Å²) < 4.78 is 54.6. The number of aliphatic carboxylic acids is 1. The number of thioether (sulfide) groups is 2. The minimum absolute atomic E-state index is 0.122. The van der Waals surface area contributed by atoms with Crippen molar-refractivity contribution in [2.24, 2.45) is 18.4 Å². The van der Waals surface area contributed by atoms with Crippen LogP contribution in [0.5, 0.6) is 0 Å². The van der Waals surface area contributed by atoms with Crippen LogP contribution in [0.4, 0.5) is 17.6 Å². The van der Waals surface area contributed by atoms with Crippen molar-refractivity contribution in [3.8, 4) is 5.69 Å². The molecule has 1 aliphatic carbocycles. The first-order chi connectivity index (χ1) is 17.1. The van der Waals surface area contributed by atoms with Gasteiger partial charge in [0.05, 0.1) is 21.9 Å². The van der Waals surface area contributed by atoms with Crippen LogP contribution < -0.4 is 11.2 Å². The third-order valence-electron chi connectivity index (χ3n) is 6.33. The molecule has 202 valence electrons. The first-order valence-corrected chi connectivity index (χ1v) is 13.3. The summed E-state index contributed by atoms with van der Waals surface area (Å²) in [5.74, 6) is -2.22. The van der Waals surface area contributed by atoms with Crippen LogP contribution in [0.3, 0.4) is 0 Å². The number of aromatic nitrogens is 2.